The lowest BCUT2D eigenvalue weighted by molar-refractivity contribution is -0.126. The molecule has 1 N–H and O–H groups in total. The molecule has 2 fully saturated rings. The molecule has 5 nitrogen and oxygen atoms in total. The fraction of sp³-hybridized carbons (Fsp3) is 0.480. The molecule has 31 heavy (non-hydrogen) atoms. The maximum absolute atomic E-state index is 14.8. The molecule has 166 valence electrons. The van der Waals surface area contributed by atoms with Gasteiger partial charge in [0.2, 0.25) is 5.91 Å². The molecule has 4 rings (SSSR count). The summed E-state index contributed by atoms with van der Waals surface area (Å²) in [7, 11) is 0. The van der Waals surface area contributed by atoms with Gasteiger partial charge in [0.1, 0.15) is 11.9 Å². The smallest absolute Gasteiger partial charge is 0.242 e. The van der Waals surface area contributed by atoms with Gasteiger partial charge in [0.05, 0.1) is 5.69 Å². The summed E-state index contributed by atoms with van der Waals surface area (Å²) >= 11 is 0. The molecule has 1 unspecified atom stereocenters. The number of benzene rings is 2. The molecule has 0 bridgehead atoms. The Balaban J connectivity index is 1.40. The third-order valence-electron chi connectivity index (χ3n) is 6.51. The summed E-state index contributed by atoms with van der Waals surface area (Å²) in [5, 5.41) is 3.05. The largest absolute Gasteiger partial charge is 0.367 e. The van der Waals surface area contributed by atoms with Gasteiger partial charge in [-0.3, -0.25) is 9.69 Å². The lowest BCUT2D eigenvalue weighted by atomic mass is 10.0. The Kier molecular flexibility index (Phi) is 7.20. The summed E-state index contributed by atoms with van der Waals surface area (Å²) in [6.07, 6.45) is 2.24. The SMILES string of the molecule is CCN1CCN(c2ccc(CNC(=O)C(c3ccccc3)N3CCCC3)cc2F)CC1. The van der Waals surface area contributed by atoms with Crippen molar-refractivity contribution >= 4 is 11.6 Å². The molecule has 2 aliphatic heterocycles. The zero-order chi connectivity index (χ0) is 21.6. The van der Waals surface area contributed by atoms with Crippen LogP contribution in [0.5, 0.6) is 0 Å². The number of nitrogens with zero attached hydrogens (tertiary/aromatic N) is 3. The summed E-state index contributed by atoms with van der Waals surface area (Å²) in [6.45, 7) is 9.00. The molecule has 0 radical (unpaired) electrons. The molecular formula is C25H33FN4O. The van der Waals surface area contributed by atoms with E-state index in [1.165, 1.54) is 0 Å². The van der Waals surface area contributed by atoms with Crippen molar-refractivity contribution in [2.45, 2.75) is 32.4 Å². The van der Waals surface area contributed by atoms with Crippen LogP contribution in [0.1, 0.15) is 36.9 Å². The Morgan fingerprint density at radius 1 is 1.00 bits per heavy atom. The second kappa shape index (κ2) is 10.2. The van der Waals surface area contributed by atoms with E-state index in [-0.39, 0.29) is 17.8 Å². The average Bonchev–Trinajstić information content (AvgIpc) is 3.33. The van der Waals surface area contributed by atoms with Crippen molar-refractivity contribution in [2.75, 3.05) is 50.7 Å². The zero-order valence-electron chi connectivity index (χ0n) is 18.4. The number of anilines is 1. The lowest BCUT2D eigenvalue weighted by Gasteiger charge is -2.35. The fourth-order valence-corrected chi connectivity index (χ4v) is 4.67. The van der Waals surface area contributed by atoms with Gasteiger partial charge in [-0.25, -0.2) is 4.39 Å². The van der Waals surface area contributed by atoms with Gasteiger partial charge in [-0.15, -0.1) is 0 Å². The number of hydrogen-bond donors (Lipinski definition) is 1. The highest BCUT2D eigenvalue weighted by atomic mass is 19.1. The van der Waals surface area contributed by atoms with E-state index in [1.54, 1.807) is 6.07 Å². The number of carbonyl (C=O) groups excluding carboxylic acids is 1. The van der Waals surface area contributed by atoms with E-state index >= 15 is 0 Å². The van der Waals surface area contributed by atoms with Crippen molar-refractivity contribution in [3.63, 3.8) is 0 Å². The number of halogens is 1. The first-order chi connectivity index (χ1) is 15.2. The monoisotopic (exact) mass is 424 g/mol. The van der Waals surface area contributed by atoms with Crippen LogP contribution in [0.3, 0.4) is 0 Å². The minimum Gasteiger partial charge on any atom is -0.367 e. The van der Waals surface area contributed by atoms with Crippen molar-refractivity contribution in [3.8, 4) is 0 Å². The number of hydrogen-bond acceptors (Lipinski definition) is 4. The number of nitrogens with one attached hydrogen (secondary N) is 1. The van der Waals surface area contributed by atoms with E-state index in [2.05, 4.69) is 26.9 Å². The zero-order valence-corrected chi connectivity index (χ0v) is 18.4. The van der Waals surface area contributed by atoms with Crippen LogP contribution in [0, 0.1) is 5.82 Å². The highest BCUT2D eigenvalue weighted by Crippen LogP contribution is 2.26. The maximum Gasteiger partial charge on any atom is 0.242 e. The summed E-state index contributed by atoms with van der Waals surface area (Å²) in [5.41, 5.74) is 2.45. The summed E-state index contributed by atoms with van der Waals surface area (Å²) in [4.78, 5) is 19.8. The number of likely N-dealkylation sites (N-methyl/N-ethyl adjacent to an activating group) is 1. The summed E-state index contributed by atoms with van der Waals surface area (Å²) < 4.78 is 14.8. The van der Waals surface area contributed by atoms with Crippen LogP contribution in [0.15, 0.2) is 48.5 Å². The van der Waals surface area contributed by atoms with Gasteiger partial charge in [-0.2, -0.15) is 0 Å². The van der Waals surface area contributed by atoms with Gasteiger partial charge in [0, 0.05) is 32.7 Å². The molecule has 2 aliphatic rings. The number of amides is 1. The fourth-order valence-electron chi connectivity index (χ4n) is 4.67. The van der Waals surface area contributed by atoms with E-state index in [9.17, 15) is 9.18 Å². The molecule has 2 aromatic carbocycles. The second-order valence-corrected chi connectivity index (χ2v) is 8.48. The van der Waals surface area contributed by atoms with Gasteiger partial charge in [-0.1, -0.05) is 43.3 Å². The average molecular weight is 425 g/mol. The van der Waals surface area contributed by atoms with E-state index in [0.717, 1.165) is 69.8 Å². The Labute approximate surface area is 184 Å². The van der Waals surface area contributed by atoms with Crippen molar-refractivity contribution in [1.29, 1.82) is 0 Å². The van der Waals surface area contributed by atoms with Crippen molar-refractivity contribution in [3.05, 3.63) is 65.5 Å². The van der Waals surface area contributed by atoms with E-state index < -0.39 is 0 Å². The molecule has 0 saturated carbocycles. The standard InChI is InChI=1S/C25H33FN4O/c1-2-28-14-16-29(17-15-28)23-11-10-20(18-22(23)26)19-27-25(31)24(30-12-6-7-13-30)21-8-4-3-5-9-21/h3-5,8-11,18,24H,2,6-7,12-17,19H2,1H3,(H,27,31). The first-order valence-electron chi connectivity index (χ1n) is 11.5. The molecule has 2 aromatic rings. The molecule has 0 aliphatic carbocycles. The number of likely N-dealkylation sites (tertiary alicyclic amines) is 1. The van der Waals surface area contributed by atoms with Gasteiger partial charge >= 0.3 is 0 Å². The molecule has 1 atom stereocenters. The summed E-state index contributed by atoms with van der Waals surface area (Å²) in [6, 6.07) is 15.0. The quantitative estimate of drug-likeness (QED) is 0.739. The van der Waals surface area contributed by atoms with E-state index in [1.807, 2.05) is 42.5 Å². The minimum absolute atomic E-state index is 0.0201. The van der Waals surface area contributed by atoms with Crippen molar-refractivity contribution < 1.29 is 9.18 Å². The van der Waals surface area contributed by atoms with Crippen LogP contribution in [-0.4, -0.2) is 61.5 Å². The van der Waals surface area contributed by atoms with Gasteiger partial charge in [0.15, 0.2) is 0 Å². The molecule has 2 saturated heterocycles. The molecule has 0 aromatic heterocycles. The van der Waals surface area contributed by atoms with E-state index in [4.69, 9.17) is 0 Å². The van der Waals surface area contributed by atoms with E-state index in [0.29, 0.717) is 12.2 Å². The van der Waals surface area contributed by atoms with Crippen molar-refractivity contribution in [2.24, 2.45) is 0 Å². The molecule has 6 heteroatoms. The topological polar surface area (TPSA) is 38.8 Å². The first kappa shape index (κ1) is 21.8. The van der Waals surface area contributed by atoms with Crippen LogP contribution in [0.25, 0.3) is 0 Å². The third kappa shape index (κ3) is 5.25. The number of carbonyl (C=O) groups is 1. The van der Waals surface area contributed by atoms with Crippen LogP contribution in [0.2, 0.25) is 0 Å². The Bertz CT molecular complexity index is 861. The third-order valence-corrected chi connectivity index (χ3v) is 6.51. The number of rotatable bonds is 7. The molecule has 0 spiro atoms. The predicted octanol–water partition coefficient (Wildman–Crippen LogP) is 3.42. The molecule has 2 heterocycles. The minimum atomic E-state index is -0.289. The first-order valence-corrected chi connectivity index (χ1v) is 11.5. The van der Waals surface area contributed by atoms with Gasteiger partial charge in [0.25, 0.3) is 0 Å². The van der Waals surface area contributed by atoms with Crippen molar-refractivity contribution in [1.82, 2.24) is 15.1 Å². The van der Waals surface area contributed by atoms with Crippen LogP contribution in [0.4, 0.5) is 10.1 Å². The Morgan fingerprint density at radius 2 is 1.71 bits per heavy atom. The van der Waals surface area contributed by atoms with Gasteiger partial charge < -0.3 is 15.1 Å². The second-order valence-electron chi connectivity index (χ2n) is 8.48. The predicted molar refractivity (Wildman–Crippen MR) is 123 cm³/mol. The van der Waals surface area contributed by atoms with Gasteiger partial charge in [-0.05, 0) is 55.7 Å². The molecule has 1 amide bonds. The summed E-state index contributed by atoms with van der Waals surface area (Å²) in [5.74, 6) is -0.232. The normalized spacial score (nSPS) is 18.8. The highest BCUT2D eigenvalue weighted by molar-refractivity contribution is 5.83. The Hall–Kier alpha value is -2.44. The highest BCUT2D eigenvalue weighted by Gasteiger charge is 2.29. The number of piperazine rings is 1. The van der Waals surface area contributed by atoms with Crippen LogP contribution >= 0.6 is 0 Å². The lowest BCUT2D eigenvalue weighted by Crippen LogP contribution is -2.46. The molecular weight excluding hydrogens is 391 g/mol. The maximum atomic E-state index is 14.8. The van der Waals surface area contributed by atoms with Crippen LogP contribution in [-0.2, 0) is 11.3 Å². The Morgan fingerprint density at radius 3 is 2.35 bits per heavy atom. The van der Waals surface area contributed by atoms with Crippen LogP contribution < -0.4 is 10.2 Å².